The third kappa shape index (κ3) is 1.11. The van der Waals surface area contributed by atoms with Crippen LogP contribution in [0.3, 0.4) is 0 Å². The van der Waals surface area contributed by atoms with Gasteiger partial charge in [-0.05, 0) is 0 Å². The second-order valence-electron chi connectivity index (χ2n) is 1.09. The minimum atomic E-state index is 0.671. The van der Waals surface area contributed by atoms with Gasteiger partial charge in [0.25, 0.3) is 0 Å². The molecule has 1 heterocycles. The Bertz CT molecular complexity index is 132. The summed E-state index contributed by atoms with van der Waals surface area (Å²) in [5, 5.41) is 0. The first-order chi connectivity index (χ1) is 3.29. The van der Waals surface area contributed by atoms with Crippen LogP contribution in [0, 0.1) is 0 Å². The van der Waals surface area contributed by atoms with E-state index in [0.717, 1.165) is 4.91 Å². The molecule has 7 heavy (non-hydrogen) atoms. The third-order valence-electron chi connectivity index (χ3n) is 0.532. The van der Waals surface area contributed by atoms with Gasteiger partial charge in [-0.2, -0.15) is 0 Å². The highest BCUT2D eigenvalue weighted by Crippen LogP contribution is 2.19. The fourth-order valence-electron chi connectivity index (χ4n) is 0.290. The molecule has 1 aliphatic heterocycles. The van der Waals surface area contributed by atoms with Crippen molar-refractivity contribution in [1.82, 2.24) is 0 Å². The van der Waals surface area contributed by atoms with Gasteiger partial charge in [-0.15, -0.1) is 0 Å². The third-order valence-corrected chi connectivity index (χ3v) is 1.54. The molecular formula is C4H3NS2. The van der Waals surface area contributed by atoms with E-state index in [4.69, 9.17) is 12.2 Å². The van der Waals surface area contributed by atoms with Gasteiger partial charge in [0, 0.05) is 11.1 Å². The van der Waals surface area contributed by atoms with E-state index >= 15 is 0 Å². The van der Waals surface area contributed by atoms with Gasteiger partial charge < -0.3 is 0 Å². The number of aliphatic imine (C=N–C) groups is 1. The molecule has 1 nitrogen and oxygen atoms in total. The topological polar surface area (TPSA) is 12.4 Å². The van der Waals surface area contributed by atoms with Crippen molar-refractivity contribution >= 4 is 34.5 Å². The van der Waals surface area contributed by atoms with Gasteiger partial charge in [-0.3, -0.25) is 0 Å². The molecule has 0 unspecified atom stereocenters. The molecule has 36 valence electrons. The van der Waals surface area contributed by atoms with Crippen LogP contribution in [-0.4, -0.2) is 10.5 Å². The average Bonchev–Trinajstić information content (AvgIpc) is 1.87. The van der Waals surface area contributed by atoms with Gasteiger partial charge in [0.1, 0.15) is 0 Å². The zero-order chi connectivity index (χ0) is 5.28. The van der Waals surface area contributed by atoms with Crippen LogP contribution in [0.15, 0.2) is 16.5 Å². The van der Waals surface area contributed by atoms with E-state index in [-0.39, 0.29) is 0 Å². The predicted molar refractivity (Wildman–Crippen MR) is 37.8 cm³/mol. The first-order valence-corrected chi connectivity index (χ1v) is 2.96. The SMILES string of the molecule is C=C1C=NC(=S)S1. The summed E-state index contributed by atoms with van der Waals surface area (Å²) in [5.41, 5.74) is 0. The van der Waals surface area contributed by atoms with E-state index in [2.05, 4.69) is 11.6 Å². The van der Waals surface area contributed by atoms with E-state index in [1.54, 1.807) is 6.21 Å². The van der Waals surface area contributed by atoms with Crippen LogP contribution in [0.2, 0.25) is 0 Å². The lowest BCUT2D eigenvalue weighted by Gasteiger charge is -1.78. The normalized spacial score (nSPS) is 18.9. The number of hydrogen-bond donors (Lipinski definition) is 0. The number of thioether (sulfide) groups is 1. The van der Waals surface area contributed by atoms with Gasteiger partial charge in [0.05, 0.1) is 0 Å². The zero-order valence-corrected chi connectivity index (χ0v) is 5.18. The van der Waals surface area contributed by atoms with E-state index in [1.807, 2.05) is 0 Å². The van der Waals surface area contributed by atoms with Crippen molar-refractivity contribution in [2.75, 3.05) is 0 Å². The highest BCUT2D eigenvalue weighted by Gasteiger charge is 2.02. The number of rotatable bonds is 0. The Morgan fingerprint density at radius 2 is 2.57 bits per heavy atom. The summed E-state index contributed by atoms with van der Waals surface area (Å²) in [6, 6.07) is 0. The first kappa shape index (κ1) is 5.00. The van der Waals surface area contributed by atoms with Crippen molar-refractivity contribution in [3.8, 4) is 0 Å². The molecule has 1 aliphatic rings. The lowest BCUT2D eigenvalue weighted by Crippen LogP contribution is -1.65. The van der Waals surface area contributed by atoms with Crippen molar-refractivity contribution in [3.63, 3.8) is 0 Å². The molecule has 0 aromatic rings. The Morgan fingerprint density at radius 1 is 1.86 bits per heavy atom. The van der Waals surface area contributed by atoms with E-state index in [0.29, 0.717) is 4.32 Å². The fourth-order valence-corrected chi connectivity index (χ4v) is 1.10. The summed E-state index contributed by atoms with van der Waals surface area (Å²) in [4.78, 5) is 4.72. The van der Waals surface area contributed by atoms with E-state index < -0.39 is 0 Å². The molecule has 0 atom stereocenters. The molecule has 0 spiro atoms. The Labute approximate surface area is 51.5 Å². The molecule has 0 N–H and O–H groups in total. The van der Waals surface area contributed by atoms with Crippen LogP contribution < -0.4 is 0 Å². The van der Waals surface area contributed by atoms with E-state index in [1.165, 1.54) is 11.8 Å². The Morgan fingerprint density at radius 3 is 2.71 bits per heavy atom. The van der Waals surface area contributed by atoms with Crippen LogP contribution in [-0.2, 0) is 0 Å². The molecule has 0 radical (unpaired) electrons. The van der Waals surface area contributed by atoms with Gasteiger partial charge in [-0.1, -0.05) is 30.6 Å². The molecule has 0 amide bonds. The van der Waals surface area contributed by atoms with Gasteiger partial charge in [0.2, 0.25) is 0 Å². The minimum absolute atomic E-state index is 0.671. The van der Waals surface area contributed by atoms with Crippen molar-refractivity contribution in [1.29, 1.82) is 0 Å². The van der Waals surface area contributed by atoms with Crippen LogP contribution in [0.25, 0.3) is 0 Å². The van der Waals surface area contributed by atoms with Crippen molar-refractivity contribution < 1.29 is 0 Å². The van der Waals surface area contributed by atoms with Crippen LogP contribution >= 0.6 is 24.0 Å². The summed E-state index contributed by atoms with van der Waals surface area (Å²) >= 11 is 6.14. The summed E-state index contributed by atoms with van der Waals surface area (Å²) in [6.07, 6.45) is 1.67. The monoisotopic (exact) mass is 129 g/mol. The molecular weight excluding hydrogens is 126 g/mol. The van der Waals surface area contributed by atoms with Gasteiger partial charge >= 0.3 is 0 Å². The molecule has 0 aromatic heterocycles. The fraction of sp³-hybridized carbons (Fsp3) is 0. The largest absolute Gasteiger partial charge is 0.237 e. The smallest absolute Gasteiger partial charge is 0.164 e. The summed E-state index contributed by atoms with van der Waals surface area (Å²) in [6.45, 7) is 3.63. The summed E-state index contributed by atoms with van der Waals surface area (Å²) < 4.78 is 0.671. The maximum atomic E-state index is 4.70. The molecule has 0 fully saturated rings. The molecule has 1 rings (SSSR count). The second kappa shape index (κ2) is 1.76. The summed E-state index contributed by atoms with van der Waals surface area (Å²) in [7, 11) is 0. The van der Waals surface area contributed by atoms with Gasteiger partial charge in [0.15, 0.2) is 4.32 Å². The van der Waals surface area contributed by atoms with E-state index in [9.17, 15) is 0 Å². The quantitative estimate of drug-likeness (QED) is 0.461. The van der Waals surface area contributed by atoms with Crippen LogP contribution in [0.4, 0.5) is 0 Å². The lowest BCUT2D eigenvalue weighted by atomic mass is 10.7. The van der Waals surface area contributed by atoms with Crippen LogP contribution in [0.5, 0.6) is 0 Å². The maximum absolute atomic E-state index is 4.70. The van der Waals surface area contributed by atoms with Crippen molar-refractivity contribution in [3.05, 3.63) is 11.5 Å². The van der Waals surface area contributed by atoms with Crippen molar-refractivity contribution in [2.45, 2.75) is 0 Å². The number of allylic oxidation sites excluding steroid dienone is 1. The number of nitrogens with zero attached hydrogens (tertiary/aromatic N) is 1. The molecule has 0 saturated carbocycles. The Hall–Kier alpha value is -0.150. The molecule has 0 bridgehead atoms. The highest BCUT2D eigenvalue weighted by molar-refractivity contribution is 8.26. The molecule has 0 aliphatic carbocycles. The molecule has 3 heteroatoms. The standard InChI is InChI=1S/C4H3NS2/c1-3-2-5-4(6)7-3/h2H,1H2. The van der Waals surface area contributed by atoms with Gasteiger partial charge in [-0.25, -0.2) is 4.99 Å². The Kier molecular flexibility index (Phi) is 1.25. The second-order valence-corrected chi connectivity index (χ2v) is 2.85. The highest BCUT2D eigenvalue weighted by atomic mass is 32.2. The number of thiocarbonyl (C=S) groups is 1. The van der Waals surface area contributed by atoms with Crippen LogP contribution in [0.1, 0.15) is 0 Å². The zero-order valence-electron chi connectivity index (χ0n) is 3.55. The van der Waals surface area contributed by atoms with Crippen molar-refractivity contribution in [2.24, 2.45) is 4.99 Å². The molecule has 0 aromatic carbocycles. The number of hydrogen-bond acceptors (Lipinski definition) is 2. The summed E-state index contributed by atoms with van der Waals surface area (Å²) in [5.74, 6) is 0. The maximum Gasteiger partial charge on any atom is 0.164 e. The molecule has 0 saturated heterocycles. The predicted octanol–water partition coefficient (Wildman–Crippen LogP) is 1.60. The first-order valence-electron chi connectivity index (χ1n) is 1.74. The Balaban J connectivity index is 2.76. The average molecular weight is 129 g/mol. The lowest BCUT2D eigenvalue weighted by molar-refractivity contribution is 1.89. The minimum Gasteiger partial charge on any atom is -0.237 e.